The molecule has 0 atom stereocenters. The Morgan fingerprint density at radius 2 is 1.86 bits per heavy atom. The number of halogens is 2. The molecule has 2 amide bonds. The highest BCUT2D eigenvalue weighted by atomic mass is 79.9. The molecule has 3 rings (SSSR count). The lowest BCUT2D eigenvalue weighted by molar-refractivity contribution is 0.0880. The fourth-order valence-electron chi connectivity index (χ4n) is 2.40. The zero-order valence-electron chi connectivity index (χ0n) is 11.2. The number of carbonyl (C=O) groups excluding carboxylic acids is 2. The second kappa shape index (κ2) is 4.96. The minimum atomic E-state index is -0.624. The van der Waals surface area contributed by atoms with Crippen LogP contribution in [0.1, 0.15) is 26.3 Å². The number of amides is 2. The molecule has 112 valence electrons. The van der Waals surface area contributed by atoms with Gasteiger partial charge in [0.15, 0.2) is 0 Å². The first-order valence-electron chi connectivity index (χ1n) is 6.18. The topological polar surface area (TPSA) is 94.2 Å². The standard InChI is InChI=1S/C14H9BrClN3O3/c1-5-2-7(15)8(16)4-9(5)19-10(20)3-6-11(12(19)17)14(22)18-13(6)21/h2-4H,17H2,1H3,(H,18,21,22). The maximum absolute atomic E-state index is 12.3. The summed E-state index contributed by atoms with van der Waals surface area (Å²) in [7, 11) is 0. The molecule has 0 bridgehead atoms. The smallest absolute Gasteiger partial charge is 0.262 e. The summed E-state index contributed by atoms with van der Waals surface area (Å²) >= 11 is 9.37. The monoisotopic (exact) mass is 381 g/mol. The Balaban J connectivity index is 2.37. The average Bonchev–Trinajstić information content (AvgIpc) is 2.70. The summed E-state index contributed by atoms with van der Waals surface area (Å²) in [5, 5.41) is 2.52. The van der Waals surface area contributed by atoms with Gasteiger partial charge >= 0.3 is 0 Å². The van der Waals surface area contributed by atoms with Gasteiger partial charge in [-0.2, -0.15) is 0 Å². The number of aromatic nitrogens is 1. The molecule has 0 saturated heterocycles. The Bertz CT molecular complexity index is 921. The highest BCUT2D eigenvalue weighted by Gasteiger charge is 2.32. The van der Waals surface area contributed by atoms with Gasteiger partial charge in [-0.15, -0.1) is 0 Å². The predicted octanol–water partition coefficient (Wildman–Crippen LogP) is 2.03. The van der Waals surface area contributed by atoms with Crippen molar-refractivity contribution in [3.8, 4) is 5.69 Å². The fourth-order valence-corrected chi connectivity index (χ4v) is 3.02. The Hall–Kier alpha value is -2.12. The fraction of sp³-hybridized carbons (Fsp3) is 0.0714. The van der Waals surface area contributed by atoms with Crippen molar-refractivity contribution in [2.24, 2.45) is 0 Å². The maximum atomic E-state index is 12.3. The SMILES string of the molecule is Cc1cc(Br)c(Cl)cc1-n1c(N)c2c(cc1=O)C(=O)NC2=O. The van der Waals surface area contributed by atoms with E-state index in [1.165, 1.54) is 4.57 Å². The summed E-state index contributed by atoms with van der Waals surface area (Å²) in [5.74, 6) is -1.33. The number of carbonyl (C=O) groups is 2. The van der Waals surface area contributed by atoms with E-state index in [0.717, 1.165) is 11.6 Å². The first-order valence-corrected chi connectivity index (χ1v) is 7.35. The van der Waals surface area contributed by atoms with Crippen LogP contribution in [0.5, 0.6) is 0 Å². The molecule has 1 aliphatic heterocycles. The molecule has 1 aromatic heterocycles. The van der Waals surface area contributed by atoms with Crippen molar-refractivity contribution in [1.29, 1.82) is 0 Å². The van der Waals surface area contributed by atoms with E-state index in [1.807, 2.05) is 0 Å². The number of pyridine rings is 1. The third-order valence-electron chi connectivity index (χ3n) is 3.43. The van der Waals surface area contributed by atoms with Gasteiger partial charge in [0.2, 0.25) is 0 Å². The molecular weight excluding hydrogens is 374 g/mol. The Morgan fingerprint density at radius 1 is 1.18 bits per heavy atom. The summed E-state index contributed by atoms with van der Waals surface area (Å²) in [6.07, 6.45) is 0. The molecule has 8 heteroatoms. The maximum Gasteiger partial charge on any atom is 0.262 e. The number of nitrogens with zero attached hydrogens (tertiary/aromatic N) is 1. The molecule has 6 nitrogen and oxygen atoms in total. The number of anilines is 1. The molecule has 2 heterocycles. The van der Waals surface area contributed by atoms with Gasteiger partial charge in [0.05, 0.1) is 21.8 Å². The van der Waals surface area contributed by atoms with E-state index in [0.29, 0.717) is 15.2 Å². The summed E-state index contributed by atoms with van der Waals surface area (Å²) in [5.41, 5.74) is 6.63. The van der Waals surface area contributed by atoms with Crippen LogP contribution in [-0.4, -0.2) is 16.4 Å². The molecule has 0 fully saturated rings. The molecule has 22 heavy (non-hydrogen) atoms. The largest absolute Gasteiger partial charge is 0.384 e. The van der Waals surface area contributed by atoms with E-state index >= 15 is 0 Å². The van der Waals surface area contributed by atoms with Crippen LogP contribution in [0, 0.1) is 6.92 Å². The van der Waals surface area contributed by atoms with Crippen LogP contribution in [0.15, 0.2) is 27.5 Å². The van der Waals surface area contributed by atoms with Gasteiger partial charge < -0.3 is 5.73 Å². The van der Waals surface area contributed by atoms with Crippen molar-refractivity contribution >= 4 is 45.2 Å². The van der Waals surface area contributed by atoms with Crippen molar-refractivity contribution in [3.05, 3.63) is 54.7 Å². The van der Waals surface area contributed by atoms with Crippen LogP contribution < -0.4 is 16.6 Å². The number of rotatable bonds is 1. The highest BCUT2D eigenvalue weighted by Crippen LogP contribution is 2.30. The first kappa shape index (κ1) is 14.8. The van der Waals surface area contributed by atoms with E-state index in [1.54, 1.807) is 19.1 Å². The highest BCUT2D eigenvalue weighted by molar-refractivity contribution is 9.10. The van der Waals surface area contributed by atoms with E-state index in [-0.39, 0.29) is 16.9 Å². The number of fused-ring (bicyclic) bond motifs is 1. The Kier molecular flexibility index (Phi) is 3.34. The van der Waals surface area contributed by atoms with Crippen LogP contribution in [0.4, 0.5) is 5.82 Å². The quantitative estimate of drug-likeness (QED) is 0.738. The number of nitrogen functional groups attached to an aromatic ring is 1. The summed E-state index contributed by atoms with van der Waals surface area (Å²) in [4.78, 5) is 35.8. The second-order valence-corrected chi connectivity index (χ2v) is 6.09. The van der Waals surface area contributed by atoms with Crippen LogP contribution in [0.2, 0.25) is 5.02 Å². The van der Waals surface area contributed by atoms with Crippen molar-refractivity contribution in [3.63, 3.8) is 0 Å². The number of nitrogens with one attached hydrogen (secondary N) is 1. The van der Waals surface area contributed by atoms with Crippen LogP contribution in [0.3, 0.4) is 0 Å². The molecular formula is C14H9BrClN3O3. The molecule has 2 aromatic rings. The van der Waals surface area contributed by atoms with Crippen LogP contribution in [-0.2, 0) is 0 Å². The van der Waals surface area contributed by atoms with Crippen LogP contribution >= 0.6 is 27.5 Å². The molecule has 3 N–H and O–H groups in total. The second-order valence-electron chi connectivity index (χ2n) is 4.83. The van der Waals surface area contributed by atoms with Crippen molar-refractivity contribution in [2.75, 3.05) is 5.73 Å². The predicted molar refractivity (Wildman–Crippen MR) is 85.7 cm³/mol. The van der Waals surface area contributed by atoms with E-state index in [2.05, 4.69) is 21.2 Å². The summed E-state index contributed by atoms with van der Waals surface area (Å²) in [6.45, 7) is 1.78. The normalized spacial score (nSPS) is 13.2. The number of hydrogen-bond donors (Lipinski definition) is 2. The van der Waals surface area contributed by atoms with Crippen molar-refractivity contribution < 1.29 is 9.59 Å². The molecule has 0 radical (unpaired) electrons. The minimum Gasteiger partial charge on any atom is -0.384 e. The zero-order chi connectivity index (χ0) is 16.2. The zero-order valence-corrected chi connectivity index (χ0v) is 13.6. The Morgan fingerprint density at radius 3 is 2.55 bits per heavy atom. The summed E-state index contributed by atoms with van der Waals surface area (Å²) in [6, 6.07) is 4.41. The van der Waals surface area contributed by atoms with Gasteiger partial charge in [-0.1, -0.05) is 11.6 Å². The van der Waals surface area contributed by atoms with Crippen molar-refractivity contribution in [2.45, 2.75) is 6.92 Å². The lowest BCUT2D eigenvalue weighted by Crippen LogP contribution is -2.24. The first-order chi connectivity index (χ1) is 10.3. The number of aryl methyl sites for hydroxylation is 1. The average molecular weight is 383 g/mol. The molecule has 0 spiro atoms. The van der Waals surface area contributed by atoms with E-state index in [9.17, 15) is 14.4 Å². The minimum absolute atomic E-state index is 0.00282. The third kappa shape index (κ3) is 2.05. The van der Waals surface area contributed by atoms with Gasteiger partial charge in [-0.3, -0.25) is 24.3 Å². The lowest BCUT2D eigenvalue weighted by atomic mass is 10.1. The third-order valence-corrected chi connectivity index (χ3v) is 4.63. The number of nitrogens with two attached hydrogens (primary N) is 1. The number of benzene rings is 1. The number of hydrogen-bond acceptors (Lipinski definition) is 4. The van der Waals surface area contributed by atoms with Gasteiger partial charge in [0.25, 0.3) is 17.4 Å². The van der Waals surface area contributed by atoms with Crippen LogP contribution in [0.25, 0.3) is 5.69 Å². The molecule has 0 aliphatic carbocycles. The van der Waals surface area contributed by atoms with E-state index in [4.69, 9.17) is 17.3 Å². The molecule has 1 aromatic carbocycles. The van der Waals surface area contributed by atoms with Gasteiger partial charge in [0.1, 0.15) is 5.82 Å². The molecule has 1 aliphatic rings. The lowest BCUT2D eigenvalue weighted by Gasteiger charge is -2.15. The number of imide groups is 1. The van der Waals surface area contributed by atoms with Gasteiger partial charge in [-0.25, -0.2) is 0 Å². The Labute approximate surface area is 138 Å². The van der Waals surface area contributed by atoms with Crippen molar-refractivity contribution in [1.82, 2.24) is 9.88 Å². The summed E-state index contributed by atoms with van der Waals surface area (Å²) < 4.78 is 1.85. The van der Waals surface area contributed by atoms with Gasteiger partial charge in [0, 0.05) is 10.5 Å². The van der Waals surface area contributed by atoms with E-state index < -0.39 is 17.4 Å². The molecule has 0 saturated carbocycles. The molecule has 0 unspecified atom stereocenters. The van der Waals surface area contributed by atoms with Gasteiger partial charge in [-0.05, 0) is 40.5 Å².